The fraction of sp³-hybridized carbons (Fsp3) is 0.333. The summed E-state index contributed by atoms with van der Waals surface area (Å²) in [4.78, 5) is 0. The van der Waals surface area contributed by atoms with E-state index in [9.17, 15) is 13.2 Å². The molecule has 1 N–H and O–H groups in total. The van der Waals surface area contributed by atoms with Gasteiger partial charge in [-0.05, 0) is 5.56 Å². The third-order valence-corrected chi connectivity index (χ3v) is 2.08. The highest BCUT2D eigenvalue weighted by Crippen LogP contribution is 2.41. The van der Waals surface area contributed by atoms with Crippen molar-refractivity contribution in [2.24, 2.45) is 10.2 Å². The molecule has 1 aromatic carbocycles. The fourth-order valence-corrected chi connectivity index (χ4v) is 1.16. The molecule has 0 aromatic heterocycles. The number of halogens is 3. The van der Waals surface area contributed by atoms with Gasteiger partial charge in [-0.25, -0.2) is 0 Å². The van der Waals surface area contributed by atoms with Crippen LogP contribution in [0.2, 0.25) is 0 Å². The number of nitrogens with zero attached hydrogens (tertiary/aromatic N) is 2. The van der Waals surface area contributed by atoms with Crippen molar-refractivity contribution in [1.82, 2.24) is 5.32 Å². The normalized spacial score (nSPS) is 17.8. The molecule has 3 nitrogen and oxygen atoms in total. The van der Waals surface area contributed by atoms with Crippen molar-refractivity contribution in [2.45, 2.75) is 18.5 Å². The van der Waals surface area contributed by atoms with Crippen LogP contribution >= 0.6 is 0 Å². The Bertz CT molecular complexity index is 366. The highest BCUT2D eigenvalue weighted by atomic mass is 19.4. The van der Waals surface area contributed by atoms with Crippen LogP contribution in [-0.4, -0.2) is 12.0 Å². The molecule has 0 atom stereocenters. The van der Waals surface area contributed by atoms with Gasteiger partial charge in [0.15, 0.2) is 0 Å². The van der Waals surface area contributed by atoms with Gasteiger partial charge < -0.3 is 0 Å². The fourth-order valence-electron chi connectivity index (χ4n) is 1.16. The Morgan fingerprint density at radius 1 is 1.13 bits per heavy atom. The molecule has 1 aromatic rings. The molecule has 0 saturated carbocycles. The quantitative estimate of drug-likeness (QED) is 0.826. The number of hydrogen-bond donors (Lipinski definition) is 1. The van der Waals surface area contributed by atoms with Crippen LogP contribution in [0.15, 0.2) is 40.6 Å². The molecule has 0 fully saturated rings. The lowest BCUT2D eigenvalue weighted by molar-refractivity contribution is -0.171. The van der Waals surface area contributed by atoms with Crippen LogP contribution in [0, 0.1) is 0 Å². The molecule has 0 bridgehead atoms. The van der Waals surface area contributed by atoms with Gasteiger partial charge >= 0.3 is 12.0 Å². The van der Waals surface area contributed by atoms with Gasteiger partial charge in [0.1, 0.15) is 0 Å². The average molecular weight is 215 g/mol. The van der Waals surface area contributed by atoms with Crippen molar-refractivity contribution in [2.75, 3.05) is 0 Å². The van der Waals surface area contributed by atoms with E-state index in [1.165, 1.54) is 0 Å². The molecule has 0 amide bonds. The lowest BCUT2D eigenvalue weighted by Crippen LogP contribution is -2.45. The third kappa shape index (κ3) is 1.99. The number of hydrogen-bond acceptors (Lipinski definition) is 3. The maximum Gasteiger partial charge on any atom is 0.452 e. The average Bonchev–Trinajstić information content (AvgIpc) is 2.96. The van der Waals surface area contributed by atoms with Gasteiger partial charge in [-0.3, -0.25) is 5.32 Å². The lowest BCUT2D eigenvalue weighted by atomic mass is 10.2. The Morgan fingerprint density at radius 3 is 2.20 bits per heavy atom. The molecule has 80 valence electrons. The van der Waals surface area contributed by atoms with E-state index in [0.717, 1.165) is 5.56 Å². The van der Waals surface area contributed by atoms with E-state index in [0.29, 0.717) is 0 Å². The lowest BCUT2D eigenvalue weighted by Gasteiger charge is -2.15. The van der Waals surface area contributed by atoms with E-state index in [-0.39, 0.29) is 6.54 Å². The second kappa shape index (κ2) is 3.30. The maximum atomic E-state index is 12.3. The largest absolute Gasteiger partial charge is 0.452 e. The van der Waals surface area contributed by atoms with Crippen LogP contribution in [0.5, 0.6) is 0 Å². The predicted molar refractivity (Wildman–Crippen MR) is 46.9 cm³/mol. The van der Waals surface area contributed by atoms with Crippen molar-refractivity contribution in [3.05, 3.63) is 35.9 Å². The Balaban J connectivity index is 1.95. The van der Waals surface area contributed by atoms with Gasteiger partial charge in [-0.15, -0.1) is 10.2 Å². The summed E-state index contributed by atoms with van der Waals surface area (Å²) >= 11 is 0. The van der Waals surface area contributed by atoms with E-state index < -0.39 is 12.0 Å². The molecule has 1 aliphatic heterocycles. The summed E-state index contributed by atoms with van der Waals surface area (Å²) in [6.45, 7) is 0.0906. The monoisotopic (exact) mass is 215 g/mol. The first-order valence-corrected chi connectivity index (χ1v) is 4.33. The molecule has 0 saturated heterocycles. The SMILES string of the molecule is FC(F)(F)C1(NCc2ccccc2)N=N1. The second-order valence-electron chi connectivity index (χ2n) is 3.21. The molecule has 0 aliphatic carbocycles. The van der Waals surface area contributed by atoms with Gasteiger partial charge in [0, 0.05) is 6.54 Å². The molecular weight excluding hydrogens is 207 g/mol. The molecule has 15 heavy (non-hydrogen) atoms. The minimum Gasteiger partial charge on any atom is -0.260 e. The standard InChI is InChI=1S/C9H8F3N3/c10-8(11,12)9(14-15-9)13-6-7-4-2-1-3-5-7/h1-5,13H,6H2. The van der Waals surface area contributed by atoms with Crippen molar-refractivity contribution in [1.29, 1.82) is 0 Å². The Morgan fingerprint density at radius 2 is 1.73 bits per heavy atom. The van der Waals surface area contributed by atoms with Crippen LogP contribution in [0.4, 0.5) is 13.2 Å². The Kier molecular flexibility index (Phi) is 2.22. The van der Waals surface area contributed by atoms with E-state index in [2.05, 4.69) is 15.5 Å². The minimum atomic E-state index is -4.46. The van der Waals surface area contributed by atoms with E-state index in [4.69, 9.17) is 0 Å². The number of alkyl halides is 3. The number of nitrogens with one attached hydrogen (secondary N) is 1. The van der Waals surface area contributed by atoms with Gasteiger partial charge in [0.05, 0.1) is 0 Å². The van der Waals surface area contributed by atoms with E-state index >= 15 is 0 Å². The summed E-state index contributed by atoms with van der Waals surface area (Å²) in [5, 5.41) is 8.29. The van der Waals surface area contributed by atoms with E-state index in [1.807, 2.05) is 0 Å². The molecule has 0 radical (unpaired) electrons. The molecule has 6 heteroatoms. The molecule has 1 heterocycles. The van der Waals surface area contributed by atoms with Gasteiger partial charge in [0.2, 0.25) is 0 Å². The summed E-state index contributed by atoms with van der Waals surface area (Å²) in [6, 6.07) is 8.80. The van der Waals surface area contributed by atoms with E-state index in [1.54, 1.807) is 30.3 Å². The molecule has 1 aliphatic rings. The third-order valence-electron chi connectivity index (χ3n) is 2.08. The Labute approximate surface area is 84.0 Å². The van der Waals surface area contributed by atoms with Crippen LogP contribution < -0.4 is 5.32 Å². The van der Waals surface area contributed by atoms with Crippen LogP contribution in [0.25, 0.3) is 0 Å². The second-order valence-corrected chi connectivity index (χ2v) is 3.21. The zero-order valence-electron chi connectivity index (χ0n) is 7.62. The first kappa shape index (κ1) is 10.1. The summed E-state index contributed by atoms with van der Waals surface area (Å²) in [5.74, 6) is -2.36. The highest BCUT2D eigenvalue weighted by Gasteiger charge is 2.63. The Hall–Kier alpha value is -1.43. The summed E-state index contributed by atoms with van der Waals surface area (Å²) in [5.41, 5.74) is 0.762. The molecule has 2 rings (SSSR count). The van der Waals surface area contributed by atoms with Crippen molar-refractivity contribution in [3.8, 4) is 0 Å². The van der Waals surface area contributed by atoms with Crippen LogP contribution in [0.3, 0.4) is 0 Å². The van der Waals surface area contributed by atoms with Gasteiger partial charge in [-0.1, -0.05) is 30.3 Å². The van der Waals surface area contributed by atoms with Crippen molar-refractivity contribution in [3.63, 3.8) is 0 Å². The first-order valence-electron chi connectivity index (χ1n) is 4.33. The van der Waals surface area contributed by atoms with Crippen LogP contribution in [0.1, 0.15) is 5.56 Å². The maximum absolute atomic E-state index is 12.3. The topological polar surface area (TPSA) is 36.8 Å². The summed E-state index contributed by atoms with van der Waals surface area (Å²) < 4.78 is 37.0. The summed E-state index contributed by atoms with van der Waals surface area (Å²) in [7, 11) is 0. The smallest absolute Gasteiger partial charge is 0.260 e. The molecular formula is C9H8F3N3. The predicted octanol–water partition coefficient (Wildman–Crippen LogP) is 2.46. The zero-order chi connectivity index (χ0) is 10.9. The number of rotatable bonds is 3. The first-order chi connectivity index (χ1) is 7.04. The van der Waals surface area contributed by atoms with Crippen molar-refractivity contribution < 1.29 is 13.2 Å². The number of benzene rings is 1. The molecule has 0 spiro atoms. The van der Waals surface area contributed by atoms with Crippen LogP contribution in [-0.2, 0) is 6.54 Å². The van der Waals surface area contributed by atoms with Crippen molar-refractivity contribution >= 4 is 0 Å². The zero-order valence-corrected chi connectivity index (χ0v) is 7.62. The van der Waals surface area contributed by atoms with Gasteiger partial charge in [0.25, 0.3) is 0 Å². The highest BCUT2D eigenvalue weighted by molar-refractivity contribution is 5.15. The summed E-state index contributed by atoms with van der Waals surface area (Å²) in [6.07, 6.45) is -4.46. The molecule has 0 unspecified atom stereocenters. The van der Waals surface area contributed by atoms with Gasteiger partial charge in [-0.2, -0.15) is 13.2 Å². The minimum absolute atomic E-state index is 0.0906.